The van der Waals surface area contributed by atoms with Gasteiger partial charge in [0, 0.05) is 11.6 Å². The largest absolute Gasteiger partial charge is 0.513 e. The van der Waals surface area contributed by atoms with E-state index in [0.717, 1.165) is 0 Å². The van der Waals surface area contributed by atoms with Gasteiger partial charge in [-0.1, -0.05) is 12.1 Å². The Labute approximate surface area is 194 Å². The zero-order valence-electron chi connectivity index (χ0n) is 18.8. The van der Waals surface area contributed by atoms with Crippen LogP contribution in [0.15, 0.2) is 52.3 Å². The summed E-state index contributed by atoms with van der Waals surface area (Å²) in [6, 6.07) is 5.66. The predicted octanol–water partition coefficient (Wildman–Crippen LogP) is 3.51. The number of amidine groups is 1. The fourth-order valence-corrected chi connectivity index (χ4v) is 3.73. The summed E-state index contributed by atoms with van der Waals surface area (Å²) in [5.74, 6) is -0.543. The number of rotatable bonds is 7. The Kier molecular flexibility index (Phi) is 7.13. The first-order valence-corrected chi connectivity index (χ1v) is 10.7. The van der Waals surface area contributed by atoms with E-state index >= 15 is 0 Å². The molecule has 1 aliphatic rings. The molecule has 2 heterocycles. The fourth-order valence-electron chi connectivity index (χ4n) is 3.15. The normalized spacial score (nSPS) is 18.3. The van der Waals surface area contributed by atoms with Crippen molar-refractivity contribution >= 4 is 29.3 Å². The molecule has 1 atom stereocenters. The number of hydrogen-bond acceptors (Lipinski definition) is 10. The van der Waals surface area contributed by atoms with Crippen molar-refractivity contribution in [2.75, 3.05) is 20.8 Å². The standard InChI is InChI=1S/C22H24FN3O6S/c1-21(2,19(27)29-4)31-12-15-16(32-20(28)30-5)22(3,13-6-8-14(23)9-7-13)26-17(25-15)18-24-10-11-33-18/h6-11H,12H2,1-5H3,(H,25,26). The maximum absolute atomic E-state index is 13.6. The Morgan fingerprint density at radius 1 is 1.18 bits per heavy atom. The number of nitrogens with zero attached hydrogens (tertiary/aromatic N) is 2. The molecule has 1 N–H and O–H groups in total. The topological polar surface area (TPSA) is 108 Å². The minimum absolute atomic E-state index is 0.0712. The molecule has 0 aliphatic carbocycles. The molecule has 9 nitrogen and oxygen atoms in total. The van der Waals surface area contributed by atoms with Crippen LogP contribution in [0, 0.1) is 5.82 Å². The molecule has 1 aromatic heterocycles. The molecule has 176 valence electrons. The Morgan fingerprint density at radius 3 is 2.45 bits per heavy atom. The number of thiazole rings is 1. The van der Waals surface area contributed by atoms with Gasteiger partial charge in [-0.3, -0.25) is 0 Å². The van der Waals surface area contributed by atoms with Crippen LogP contribution < -0.4 is 5.32 Å². The van der Waals surface area contributed by atoms with E-state index in [4.69, 9.17) is 23.9 Å². The molecule has 0 spiro atoms. The van der Waals surface area contributed by atoms with Gasteiger partial charge in [0.05, 0.1) is 26.5 Å². The maximum atomic E-state index is 13.6. The van der Waals surface area contributed by atoms with Gasteiger partial charge < -0.3 is 24.3 Å². The number of aliphatic imine (C=N–C) groups is 1. The minimum atomic E-state index is -1.29. The van der Waals surface area contributed by atoms with E-state index in [1.165, 1.54) is 37.7 Å². The number of benzene rings is 1. The third-order valence-electron chi connectivity index (χ3n) is 4.97. The summed E-state index contributed by atoms with van der Waals surface area (Å²) in [7, 11) is 2.44. The highest BCUT2D eigenvalue weighted by atomic mass is 32.1. The number of aromatic nitrogens is 1. The average molecular weight is 478 g/mol. The third kappa shape index (κ3) is 5.20. The number of halogens is 1. The molecular weight excluding hydrogens is 453 g/mol. The Hall–Kier alpha value is -3.31. The molecule has 1 aliphatic heterocycles. The number of carbonyl (C=O) groups is 2. The monoisotopic (exact) mass is 477 g/mol. The van der Waals surface area contributed by atoms with Crippen LogP contribution >= 0.6 is 11.3 Å². The first-order chi connectivity index (χ1) is 15.6. The van der Waals surface area contributed by atoms with E-state index < -0.39 is 29.1 Å². The molecule has 0 saturated carbocycles. The smallest absolute Gasteiger partial charge is 0.467 e. The molecule has 1 unspecified atom stereocenters. The SMILES string of the molecule is COC(=O)OC1=C(COC(C)(C)C(=O)OC)NC(c2nccs2)=NC1(C)c1ccc(F)cc1. The lowest BCUT2D eigenvalue weighted by Gasteiger charge is -2.35. The zero-order valence-corrected chi connectivity index (χ0v) is 19.6. The fraction of sp³-hybridized carbons (Fsp3) is 0.364. The first-order valence-electron chi connectivity index (χ1n) is 9.85. The van der Waals surface area contributed by atoms with Crippen molar-refractivity contribution in [2.45, 2.75) is 31.9 Å². The number of esters is 1. The number of methoxy groups -OCH3 is 2. The van der Waals surface area contributed by atoms with Gasteiger partial charge in [0.1, 0.15) is 11.4 Å². The van der Waals surface area contributed by atoms with Crippen LogP contribution in [0.3, 0.4) is 0 Å². The van der Waals surface area contributed by atoms with E-state index in [1.54, 1.807) is 44.5 Å². The van der Waals surface area contributed by atoms with E-state index in [1.807, 2.05) is 0 Å². The van der Waals surface area contributed by atoms with Crippen LogP contribution in [0.5, 0.6) is 0 Å². The lowest BCUT2D eigenvalue weighted by atomic mass is 9.88. The molecule has 0 amide bonds. The summed E-state index contributed by atoms with van der Waals surface area (Å²) >= 11 is 1.35. The molecule has 2 aromatic rings. The van der Waals surface area contributed by atoms with E-state index in [-0.39, 0.29) is 12.4 Å². The van der Waals surface area contributed by atoms with E-state index in [0.29, 0.717) is 22.1 Å². The molecule has 0 saturated heterocycles. The van der Waals surface area contributed by atoms with Gasteiger partial charge in [0.2, 0.25) is 0 Å². The van der Waals surface area contributed by atoms with Crippen LogP contribution in [-0.4, -0.2) is 49.4 Å². The van der Waals surface area contributed by atoms with Crippen LogP contribution in [0.1, 0.15) is 31.3 Å². The molecule has 33 heavy (non-hydrogen) atoms. The predicted molar refractivity (Wildman–Crippen MR) is 118 cm³/mol. The Balaban J connectivity index is 2.13. The summed E-state index contributed by atoms with van der Waals surface area (Å²) in [5.41, 5.74) is -1.71. The number of carbonyl (C=O) groups excluding carboxylic acids is 2. The minimum Gasteiger partial charge on any atom is -0.467 e. The summed E-state index contributed by atoms with van der Waals surface area (Å²) in [6.45, 7) is 4.64. The van der Waals surface area contributed by atoms with Crippen molar-refractivity contribution in [2.24, 2.45) is 4.99 Å². The van der Waals surface area contributed by atoms with Gasteiger partial charge in [0.25, 0.3) is 0 Å². The quantitative estimate of drug-likeness (QED) is 0.604. The van der Waals surface area contributed by atoms with Gasteiger partial charge >= 0.3 is 12.1 Å². The van der Waals surface area contributed by atoms with Crippen molar-refractivity contribution in [3.63, 3.8) is 0 Å². The van der Waals surface area contributed by atoms with Crippen LogP contribution in [0.2, 0.25) is 0 Å². The van der Waals surface area contributed by atoms with Crippen molar-refractivity contribution in [1.82, 2.24) is 10.3 Å². The van der Waals surface area contributed by atoms with Crippen molar-refractivity contribution in [3.05, 3.63) is 63.7 Å². The van der Waals surface area contributed by atoms with Gasteiger partial charge in [-0.2, -0.15) is 0 Å². The summed E-state index contributed by atoms with van der Waals surface area (Å²) in [4.78, 5) is 33.3. The van der Waals surface area contributed by atoms with Gasteiger partial charge in [-0.25, -0.2) is 24.0 Å². The van der Waals surface area contributed by atoms with Crippen molar-refractivity contribution in [3.8, 4) is 0 Å². The molecule has 0 bridgehead atoms. The summed E-state index contributed by atoms with van der Waals surface area (Å²) in [6.07, 6.45) is 0.651. The summed E-state index contributed by atoms with van der Waals surface area (Å²) < 4.78 is 34.5. The lowest BCUT2D eigenvalue weighted by Crippen LogP contribution is -2.43. The second kappa shape index (κ2) is 9.67. The number of hydrogen-bond donors (Lipinski definition) is 1. The third-order valence-corrected chi connectivity index (χ3v) is 5.75. The second-order valence-electron chi connectivity index (χ2n) is 7.66. The molecule has 0 fully saturated rings. The molecule has 1 aromatic carbocycles. The lowest BCUT2D eigenvalue weighted by molar-refractivity contribution is -0.164. The van der Waals surface area contributed by atoms with Gasteiger partial charge in [0.15, 0.2) is 22.2 Å². The molecule has 3 rings (SSSR count). The molecular formula is C22H24FN3O6S. The summed E-state index contributed by atoms with van der Waals surface area (Å²) in [5, 5.41) is 5.46. The van der Waals surface area contributed by atoms with Crippen LogP contribution in [-0.2, 0) is 29.3 Å². The zero-order chi connectivity index (χ0) is 24.2. The first kappa shape index (κ1) is 24.3. The highest BCUT2D eigenvalue weighted by molar-refractivity contribution is 7.11. The Morgan fingerprint density at radius 2 is 1.88 bits per heavy atom. The van der Waals surface area contributed by atoms with Crippen molar-refractivity contribution < 1.29 is 32.9 Å². The highest BCUT2D eigenvalue weighted by Crippen LogP contribution is 2.39. The molecule has 0 radical (unpaired) electrons. The second-order valence-corrected chi connectivity index (χ2v) is 8.55. The van der Waals surface area contributed by atoms with Crippen LogP contribution in [0.25, 0.3) is 0 Å². The van der Waals surface area contributed by atoms with E-state index in [2.05, 4.69) is 10.3 Å². The van der Waals surface area contributed by atoms with E-state index in [9.17, 15) is 14.0 Å². The Bertz CT molecular complexity index is 1080. The average Bonchev–Trinajstić information content (AvgIpc) is 3.34. The molecule has 11 heteroatoms. The van der Waals surface area contributed by atoms with Crippen molar-refractivity contribution in [1.29, 1.82) is 0 Å². The number of ether oxygens (including phenoxy) is 4. The van der Waals surface area contributed by atoms with Gasteiger partial charge in [-0.05, 0) is 38.5 Å². The van der Waals surface area contributed by atoms with Crippen LogP contribution in [0.4, 0.5) is 9.18 Å². The van der Waals surface area contributed by atoms with Gasteiger partial charge in [-0.15, -0.1) is 11.3 Å². The highest BCUT2D eigenvalue weighted by Gasteiger charge is 2.42. The number of nitrogens with one attached hydrogen (secondary N) is 1. The maximum Gasteiger partial charge on any atom is 0.513 e.